The molecule has 98 valence electrons. The molecule has 0 aromatic heterocycles. The Labute approximate surface area is 111 Å². The van der Waals surface area contributed by atoms with Gasteiger partial charge in [0.2, 0.25) is 0 Å². The van der Waals surface area contributed by atoms with Crippen molar-refractivity contribution in [3.05, 3.63) is 60.2 Å². The van der Waals surface area contributed by atoms with Crippen LogP contribution in [-0.4, -0.2) is 19.1 Å². The minimum absolute atomic E-state index is 0.378. The smallest absolute Gasteiger partial charge is 0.343 e. The van der Waals surface area contributed by atoms with Gasteiger partial charge >= 0.3 is 5.97 Å². The molecule has 0 heterocycles. The van der Waals surface area contributed by atoms with E-state index in [0.29, 0.717) is 30.2 Å². The molecule has 0 unspecified atom stereocenters. The lowest BCUT2D eigenvalue weighted by Crippen LogP contribution is -2.10. The molecule has 0 atom stereocenters. The molecule has 2 rings (SSSR count). The number of nitrogens with two attached hydrogens (primary N) is 1. The van der Waals surface area contributed by atoms with Gasteiger partial charge in [-0.15, -0.1) is 0 Å². The quantitative estimate of drug-likeness (QED) is 0.659. The first kappa shape index (κ1) is 13.1. The first-order chi connectivity index (χ1) is 9.29. The van der Waals surface area contributed by atoms with Gasteiger partial charge in [0, 0.05) is 6.54 Å². The summed E-state index contributed by atoms with van der Waals surface area (Å²) in [7, 11) is 0. The lowest BCUT2D eigenvalue weighted by atomic mass is 10.2. The fourth-order valence-electron chi connectivity index (χ4n) is 1.52. The van der Waals surface area contributed by atoms with Gasteiger partial charge in [-0.25, -0.2) is 4.79 Å². The number of esters is 1. The zero-order valence-corrected chi connectivity index (χ0v) is 10.4. The van der Waals surface area contributed by atoms with Crippen LogP contribution in [0.3, 0.4) is 0 Å². The maximum Gasteiger partial charge on any atom is 0.343 e. The van der Waals surface area contributed by atoms with Crippen molar-refractivity contribution >= 4 is 5.97 Å². The van der Waals surface area contributed by atoms with Crippen molar-refractivity contribution in [3.8, 4) is 11.5 Å². The summed E-state index contributed by atoms with van der Waals surface area (Å²) in [4.78, 5) is 11.8. The topological polar surface area (TPSA) is 61.6 Å². The van der Waals surface area contributed by atoms with E-state index >= 15 is 0 Å². The molecule has 0 aliphatic heterocycles. The van der Waals surface area contributed by atoms with Crippen LogP contribution in [0.4, 0.5) is 0 Å². The van der Waals surface area contributed by atoms with Gasteiger partial charge in [0.25, 0.3) is 0 Å². The molecule has 0 amide bonds. The minimum Gasteiger partial charge on any atom is -0.492 e. The third-order valence-corrected chi connectivity index (χ3v) is 2.43. The van der Waals surface area contributed by atoms with Crippen molar-refractivity contribution in [2.75, 3.05) is 13.2 Å². The van der Waals surface area contributed by atoms with Crippen molar-refractivity contribution in [3.63, 3.8) is 0 Å². The second kappa shape index (κ2) is 6.56. The van der Waals surface area contributed by atoms with E-state index in [1.54, 1.807) is 48.5 Å². The number of carbonyl (C=O) groups is 1. The summed E-state index contributed by atoms with van der Waals surface area (Å²) in [5.74, 6) is 0.801. The van der Waals surface area contributed by atoms with Crippen LogP contribution in [0, 0.1) is 0 Å². The highest BCUT2D eigenvalue weighted by molar-refractivity contribution is 5.90. The molecule has 0 saturated heterocycles. The molecule has 0 aliphatic rings. The van der Waals surface area contributed by atoms with Crippen LogP contribution in [0.25, 0.3) is 0 Å². The van der Waals surface area contributed by atoms with Gasteiger partial charge in [-0.05, 0) is 36.4 Å². The Balaban J connectivity index is 1.98. The standard InChI is InChI=1S/C15H15NO3/c16-10-11-18-13-6-8-14(9-7-13)19-15(17)12-4-2-1-3-5-12/h1-9H,10-11,16H2. The van der Waals surface area contributed by atoms with Crippen LogP contribution in [0.2, 0.25) is 0 Å². The summed E-state index contributed by atoms with van der Waals surface area (Å²) >= 11 is 0. The Morgan fingerprint density at radius 2 is 1.58 bits per heavy atom. The number of rotatable bonds is 5. The molecule has 0 saturated carbocycles. The summed E-state index contributed by atoms with van der Waals surface area (Å²) in [6.45, 7) is 0.924. The fraction of sp³-hybridized carbons (Fsp3) is 0.133. The van der Waals surface area contributed by atoms with E-state index in [0.717, 1.165) is 0 Å². The third-order valence-electron chi connectivity index (χ3n) is 2.43. The number of hydrogen-bond donors (Lipinski definition) is 1. The SMILES string of the molecule is NCCOc1ccc(OC(=O)c2ccccc2)cc1. The molecule has 2 N–H and O–H groups in total. The average molecular weight is 257 g/mol. The van der Waals surface area contributed by atoms with E-state index in [2.05, 4.69) is 0 Å². The summed E-state index contributed by atoms with van der Waals surface area (Å²) < 4.78 is 10.6. The van der Waals surface area contributed by atoms with Crippen LogP contribution >= 0.6 is 0 Å². The normalized spacial score (nSPS) is 9.95. The Hall–Kier alpha value is -2.33. The van der Waals surface area contributed by atoms with E-state index in [1.807, 2.05) is 6.07 Å². The van der Waals surface area contributed by atoms with Crippen molar-refractivity contribution in [2.24, 2.45) is 5.73 Å². The van der Waals surface area contributed by atoms with Gasteiger partial charge in [0.05, 0.1) is 5.56 Å². The fourth-order valence-corrected chi connectivity index (χ4v) is 1.52. The maximum absolute atomic E-state index is 11.8. The van der Waals surface area contributed by atoms with E-state index in [9.17, 15) is 4.79 Å². The molecule has 2 aromatic carbocycles. The zero-order valence-electron chi connectivity index (χ0n) is 10.4. The van der Waals surface area contributed by atoms with E-state index in [1.165, 1.54) is 0 Å². The Morgan fingerprint density at radius 1 is 0.947 bits per heavy atom. The number of hydrogen-bond acceptors (Lipinski definition) is 4. The van der Waals surface area contributed by atoms with Gasteiger partial charge in [-0.2, -0.15) is 0 Å². The number of benzene rings is 2. The molecule has 0 fully saturated rings. The van der Waals surface area contributed by atoms with Gasteiger partial charge < -0.3 is 15.2 Å². The van der Waals surface area contributed by atoms with Crippen LogP contribution in [0.5, 0.6) is 11.5 Å². The predicted molar refractivity (Wildman–Crippen MR) is 72.4 cm³/mol. The lowest BCUT2D eigenvalue weighted by molar-refractivity contribution is 0.0734. The monoisotopic (exact) mass is 257 g/mol. The second-order valence-electron chi connectivity index (χ2n) is 3.86. The molecular formula is C15H15NO3. The molecule has 0 aliphatic carbocycles. The van der Waals surface area contributed by atoms with Gasteiger partial charge in [-0.3, -0.25) is 0 Å². The molecule has 2 aromatic rings. The molecule has 4 nitrogen and oxygen atoms in total. The Kier molecular flexibility index (Phi) is 4.53. The summed E-state index contributed by atoms with van der Waals surface area (Å²) in [5.41, 5.74) is 5.86. The van der Waals surface area contributed by atoms with Crippen LogP contribution in [0.1, 0.15) is 10.4 Å². The van der Waals surface area contributed by atoms with Crippen molar-refractivity contribution < 1.29 is 14.3 Å². The van der Waals surface area contributed by atoms with Crippen molar-refractivity contribution in [2.45, 2.75) is 0 Å². The van der Waals surface area contributed by atoms with E-state index < -0.39 is 0 Å². The first-order valence-corrected chi connectivity index (χ1v) is 6.00. The van der Waals surface area contributed by atoms with Crippen LogP contribution in [0.15, 0.2) is 54.6 Å². The summed E-state index contributed by atoms with van der Waals surface area (Å²) in [6.07, 6.45) is 0. The molecule has 0 bridgehead atoms. The maximum atomic E-state index is 11.8. The molecule has 19 heavy (non-hydrogen) atoms. The van der Waals surface area contributed by atoms with Gasteiger partial charge in [0.15, 0.2) is 0 Å². The van der Waals surface area contributed by atoms with E-state index in [-0.39, 0.29) is 5.97 Å². The number of ether oxygens (including phenoxy) is 2. The van der Waals surface area contributed by atoms with Crippen LogP contribution in [-0.2, 0) is 0 Å². The van der Waals surface area contributed by atoms with Crippen molar-refractivity contribution in [1.29, 1.82) is 0 Å². The predicted octanol–water partition coefficient (Wildman–Crippen LogP) is 2.24. The highest BCUT2D eigenvalue weighted by Gasteiger charge is 2.07. The molecule has 0 spiro atoms. The van der Waals surface area contributed by atoms with Gasteiger partial charge in [-0.1, -0.05) is 18.2 Å². The van der Waals surface area contributed by atoms with Crippen molar-refractivity contribution in [1.82, 2.24) is 0 Å². The number of carbonyl (C=O) groups excluding carboxylic acids is 1. The van der Waals surface area contributed by atoms with Gasteiger partial charge in [0.1, 0.15) is 18.1 Å². The minimum atomic E-state index is -0.378. The largest absolute Gasteiger partial charge is 0.492 e. The Bertz CT molecular complexity index is 523. The highest BCUT2D eigenvalue weighted by atomic mass is 16.5. The summed E-state index contributed by atoms with van der Waals surface area (Å²) in [6, 6.07) is 15.7. The molecule has 4 heteroatoms. The zero-order chi connectivity index (χ0) is 13.5. The highest BCUT2D eigenvalue weighted by Crippen LogP contribution is 2.18. The van der Waals surface area contributed by atoms with Crippen LogP contribution < -0.4 is 15.2 Å². The van der Waals surface area contributed by atoms with E-state index in [4.69, 9.17) is 15.2 Å². The second-order valence-corrected chi connectivity index (χ2v) is 3.86. The molecule has 0 radical (unpaired) electrons. The molecular weight excluding hydrogens is 242 g/mol. The third kappa shape index (κ3) is 3.82. The average Bonchev–Trinajstić information content (AvgIpc) is 2.47. The first-order valence-electron chi connectivity index (χ1n) is 6.00. The Morgan fingerprint density at radius 3 is 2.21 bits per heavy atom. The lowest BCUT2D eigenvalue weighted by Gasteiger charge is -2.06. The summed E-state index contributed by atoms with van der Waals surface area (Å²) in [5, 5.41) is 0.